The first-order chi connectivity index (χ1) is 45.2. The molecule has 5 aromatic heterocycles. The SMILES string of the molecule is Brc1cc(Br)cc(Br)c1.Brc1cccc2ncccc12.CC1(C)OB(B2OC(C)(C)C(C)(C)O2)OC1(C)C.CC1(C)OB(c2cccc3ncccc23)OC1(C)C.[CH2-]I.c1cc(-c2cc(-c3cccc4ncccc34)cc(-c3cccc4ncccc34)c2)c2cccnc2c1. The van der Waals surface area contributed by atoms with Gasteiger partial charge in [0.05, 0.1) is 61.2 Å². The minimum Gasteiger partial charge on any atom is -0.405 e. The number of hydrogen-bond acceptors (Lipinski definition) is 11. The van der Waals surface area contributed by atoms with Gasteiger partial charge in [0.1, 0.15) is 0 Å². The minimum atomic E-state index is -0.476. The van der Waals surface area contributed by atoms with E-state index >= 15 is 0 Å². The molecular weight excluding hydrogens is 1560 g/mol. The lowest BCUT2D eigenvalue weighted by atomic mass is 9.49. The fraction of sp³-hybridized carbons (Fsp3) is 0.237. The van der Waals surface area contributed by atoms with Gasteiger partial charge < -0.3 is 50.5 Å². The monoisotopic (exact) mass is 1630 g/mol. The van der Waals surface area contributed by atoms with E-state index in [0.717, 1.165) is 94.6 Å². The number of pyridine rings is 5. The number of rotatable bonds is 5. The van der Waals surface area contributed by atoms with Crippen LogP contribution in [0.4, 0.5) is 0 Å². The molecule has 3 aliphatic heterocycles. The van der Waals surface area contributed by atoms with Crippen LogP contribution in [0, 0.1) is 4.93 Å². The molecule has 0 unspecified atom stereocenters. The van der Waals surface area contributed by atoms with Crippen LogP contribution < -0.4 is 5.46 Å². The summed E-state index contributed by atoms with van der Waals surface area (Å²) in [6.07, 6.45) is 9.14. The highest BCUT2D eigenvalue weighted by molar-refractivity contribution is 14.1. The molecule has 3 fully saturated rings. The highest BCUT2D eigenvalue weighted by Gasteiger charge is 2.64. The normalized spacial score (nSPS) is 16.7. The molecule has 15 rings (SSSR count). The van der Waals surface area contributed by atoms with Gasteiger partial charge in [-0.3, -0.25) is 29.9 Å². The Hall–Kier alpha value is -5.81. The number of halogens is 5. The molecule has 3 saturated heterocycles. The first-order valence-electron chi connectivity index (χ1n) is 31.2. The van der Waals surface area contributed by atoms with Crippen LogP contribution in [0.1, 0.15) is 83.1 Å². The van der Waals surface area contributed by atoms with Crippen LogP contribution in [-0.2, 0) is 27.9 Å². The first-order valence-corrected chi connectivity index (χ1v) is 35.9. The Bertz CT molecular complexity index is 4310. The second-order valence-corrected chi connectivity index (χ2v) is 29.7. The van der Waals surface area contributed by atoms with E-state index in [2.05, 4.69) is 218 Å². The summed E-state index contributed by atoms with van der Waals surface area (Å²) in [4.78, 5) is 25.6. The third-order valence-corrected chi connectivity index (χ3v) is 20.2. The molecule has 8 heterocycles. The van der Waals surface area contributed by atoms with Crippen molar-refractivity contribution in [2.24, 2.45) is 0 Å². The van der Waals surface area contributed by atoms with Crippen molar-refractivity contribution in [3.8, 4) is 33.4 Å². The lowest BCUT2D eigenvalue weighted by Crippen LogP contribution is -2.41. The van der Waals surface area contributed by atoms with Crippen molar-refractivity contribution in [1.82, 2.24) is 24.9 Å². The predicted molar refractivity (Wildman–Crippen MR) is 417 cm³/mol. The smallest absolute Gasteiger partial charge is 0.405 e. The second kappa shape index (κ2) is 30.1. The van der Waals surface area contributed by atoms with Gasteiger partial charge in [-0.15, -0.1) is 0 Å². The van der Waals surface area contributed by atoms with E-state index in [9.17, 15) is 0 Å². The molecule has 0 radical (unpaired) electrons. The molecule has 0 aliphatic carbocycles. The summed E-state index contributed by atoms with van der Waals surface area (Å²) >= 11 is 15.4. The Balaban J connectivity index is 0.000000141. The average molecular weight is 1630 g/mol. The van der Waals surface area contributed by atoms with E-state index in [0.29, 0.717) is 0 Å². The molecule has 3 aliphatic rings. The molecule has 95 heavy (non-hydrogen) atoms. The van der Waals surface area contributed by atoms with E-state index in [1.807, 2.05) is 188 Å². The van der Waals surface area contributed by atoms with Gasteiger partial charge in [-0.2, -0.15) is 0 Å². The Morgan fingerprint density at radius 2 is 0.568 bits per heavy atom. The largest absolute Gasteiger partial charge is 0.495 e. The molecule has 0 spiro atoms. The van der Waals surface area contributed by atoms with E-state index in [1.54, 1.807) is 12.4 Å². The first kappa shape index (κ1) is 72.0. The Morgan fingerprint density at radius 3 is 0.895 bits per heavy atom. The Kier molecular flexibility index (Phi) is 22.8. The fourth-order valence-electron chi connectivity index (χ4n) is 11.0. The summed E-state index contributed by atoms with van der Waals surface area (Å²) in [5.41, 5.74) is 10.9. The van der Waals surface area contributed by atoms with Gasteiger partial charge in [-0.05, 0) is 230 Å². The zero-order chi connectivity index (χ0) is 68.1. The fourth-order valence-corrected chi connectivity index (χ4v) is 13.9. The van der Waals surface area contributed by atoms with Crippen LogP contribution in [0.25, 0.3) is 87.9 Å². The van der Waals surface area contributed by atoms with Gasteiger partial charge in [-0.25, -0.2) is 0 Å². The van der Waals surface area contributed by atoms with Crippen molar-refractivity contribution in [1.29, 1.82) is 0 Å². The van der Waals surface area contributed by atoms with Gasteiger partial charge in [0.25, 0.3) is 0 Å². The van der Waals surface area contributed by atoms with Crippen LogP contribution in [0.2, 0.25) is 0 Å². The Labute approximate surface area is 606 Å². The molecule has 11 nitrogen and oxygen atoms in total. The number of hydrogen-bond donors (Lipinski definition) is 0. The van der Waals surface area contributed by atoms with Gasteiger partial charge >= 0.3 is 21.1 Å². The summed E-state index contributed by atoms with van der Waals surface area (Å²) in [6.45, 7) is 24.5. The van der Waals surface area contributed by atoms with Crippen molar-refractivity contribution in [2.45, 2.75) is 117 Å². The van der Waals surface area contributed by atoms with Crippen LogP contribution >= 0.6 is 86.3 Å². The molecule has 0 atom stereocenters. The number of aromatic nitrogens is 5. The molecule has 0 saturated carbocycles. The molecule has 7 aromatic carbocycles. The third-order valence-electron chi connectivity index (χ3n) is 18.2. The summed E-state index contributed by atoms with van der Waals surface area (Å²) < 4.78 is 40.4. The third kappa shape index (κ3) is 16.3. The molecular formula is C76H74B3Br4IN5O6-. The zero-order valence-electron chi connectivity index (χ0n) is 55.3. The molecule has 0 bridgehead atoms. The molecule has 484 valence electrons. The maximum atomic E-state index is 6.11. The predicted octanol–water partition coefficient (Wildman–Crippen LogP) is 21.3. The van der Waals surface area contributed by atoms with Crippen LogP contribution in [0.15, 0.2) is 237 Å². The Morgan fingerprint density at radius 1 is 0.305 bits per heavy atom. The van der Waals surface area contributed by atoms with E-state index in [1.165, 1.54) is 16.7 Å². The van der Waals surface area contributed by atoms with Crippen LogP contribution in [-0.4, -0.2) is 79.7 Å². The lowest BCUT2D eigenvalue weighted by Gasteiger charge is -2.32. The summed E-state index contributed by atoms with van der Waals surface area (Å²) in [5.74, 6) is 0. The highest BCUT2D eigenvalue weighted by Crippen LogP contribution is 2.44. The van der Waals surface area contributed by atoms with E-state index in [4.69, 9.17) is 27.9 Å². The average Bonchev–Trinajstić information content (AvgIpc) is 1.68. The maximum Gasteiger partial charge on any atom is 0.495 e. The second-order valence-electron chi connectivity index (χ2n) is 26.1. The van der Waals surface area contributed by atoms with E-state index in [-0.39, 0.29) is 40.7 Å². The quantitative estimate of drug-likeness (QED) is 0.0930. The van der Waals surface area contributed by atoms with Gasteiger partial charge in [0.2, 0.25) is 0 Å². The number of fused-ring (bicyclic) bond motifs is 5. The van der Waals surface area contributed by atoms with Gasteiger partial charge in [-0.1, -0.05) is 149 Å². The molecule has 12 aromatic rings. The van der Waals surface area contributed by atoms with Gasteiger partial charge in [0, 0.05) is 70.4 Å². The van der Waals surface area contributed by atoms with Crippen LogP contribution in [0.3, 0.4) is 0 Å². The lowest BCUT2D eigenvalue weighted by molar-refractivity contribution is 0.00578. The molecule has 19 heteroatoms. The number of nitrogens with zero attached hydrogens (tertiary/aromatic N) is 5. The summed E-state index contributed by atoms with van der Waals surface area (Å²) in [7, 11) is -1.29. The highest BCUT2D eigenvalue weighted by atomic mass is 127. The van der Waals surface area contributed by atoms with Crippen molar-refractivity contribution >= 4 is 167 Å². The standard InChI is InChI=1S/C33H21N3.C15H18BNO2.C12H24B2O4.C9H6BrN.C6H3Br3.CH2I/c1-7-25(28-10-4-16-34-31(28)13-1)22-19-23(26-8-2-14-32-29(26)11-5-17-35-32)21-24(20-22)27-9-3-15-33-30(27)12-6-18-36-33;1-14(2)15(3,4)19-16(18-14)12-8-5-9-13-11(12)7-6-10-17-13;1-9(2)10(3,4)16-13(15-9)14-17-11(5,6)12(7,8)18-14;10-8-4-1-5-9-7(8)3-2-6-11-9;7-4-1-5(8)3-6(9)2-4;1-2/h1-21H;5-10H,1-4H3;1-8H3;1-6H;1-3H;1H2/q;;;;;-1. The zero-order valence-corrected chi connectivity index (χ0v) is 63.8. The van der Waals surface area contributed by atoms with Crippen molar-refractivity contribution in [2.75, 3.05) is 0 Å². The summed E-state index contributed by atoms with van der Waals surface area (Å²) in [5, 5.41) is 5.67. The van der Waals surface area contributed by atoms with Gasteiger partial charge in [0.15, 0.2) is 0 Å². The van der Waals surface area contributed by atoms with Crippen molar-refractivity contribution < 1.29 is 27.9 Å². The van der Waals surface area contributed by atoms with Crippen LogP contribution in [0.5, 0.6) is 0 Å². The van der Waals surface area contributed by atoms with Crippen molar-refractivity contribution in [3.63, 3.8) is 0 Å². The number of benzene rings is 7. The van der Waals surface area contributed by atoms with Crippen molar-refractivity contribution in [3.05, 3.63) is 242 Å². The summed E-state index contributed by atoms with van der Waals surface area (Å²) in [6, 6.07) is 64.3. The molecule has 0 N–H and O–H groups in total. The molecule has 0 amide bonds. The topological polar surface area (TPSA) is 120 Å². The van der Waals surface area contributed by atoms with E-state index < -0.39 is 14.0 Å². The minimum absolute atomic E-state index is 0.317. The maximum absolute atomic E-state index is 6.11.